The second-order valence-electron chi connectivity index (χ2n) is 5.11. The molecule has 0 aromatic heterocycles. The average Bonchev–Trinajstić information content (AvgIpc) is 2.24. The smallest absolute Gasteiger partial charge is 0.480 e. The third-order valence-electron chi connectivity index (χ3n) is 2.15. The molecule has 19 heavy (non-hydrogen) atoms. The van der Waals surface area contributed by atoms with Crippen LogP contribution in [-0.2, 0) is 19.1 Å². The van der Waals surface area contributed by atoms with Gasteiger partial charge in [0.15, 0.2) is 5.41 Å². The molecule has 0 fully saturated rings. The summed E-state index contributed by atoms with van der Waals surface area (Å²) in [6, 6.07) is 0. The molecule has 0 aliphatic heterocycles. The van der Waals surface area contributed by atoms with Crippen LogP contribution in [0.2, 0.25) is 0 Å². The van der Waals surface area contributed by atoms with Gasteiger partial charge in [0.2, 0.25) is 0 Å². The van der Waals surface area contributed by atoms with Gasteiger partial charge in [-0.25, -0.2) is 4.79 Å². The molecule has 0 bridgehead atoms. The van der Waals surface area contributed by atoms with Gasteiger partial charge in [-0.15, -0.1) is 0 Å². The lowest BCUT2D eigenvalue weighted by atomic mass is 9.94. The number of esters is 1. The lowest BCUT2D eigenvalue weighted by Crippen LogP contribution is -2.42. The van der Waals surface area contributed by atoms with Gasteiger partial charge in [0.25, 0.3) is 0 Å². The first-order chi connectivity index (χ1) is 8.53. The minimum Gasteiger partial charge on any atom is -0.480 e. The normalized spacial score (nSPS) is 14.4. The van der Waals surface area contributed by atoms with Crippen molar-refractivity contribution >= 4 is 29.9 Å². The number of carbonyl (C=O) groups excluding carboxylic acids is 2. The minimum absolute atomic E-state index is 0.00404. The third-order valence-corrected chi connectivity index (χ3v) is 3.74. The molecule has 0 radical (unpaired) electrons. The number of aliphatic carboxylic acids is 1. The summed E-state index contributed by atoms with van der Waals surface area (Å²) in [7, 11) is 0. The molecule has 0 aliphatic rings. The molecular weight excluding hydrogens is 272 g/mol. The summed E-state index contributed by atoms with van der Waals surface area (Å²) >= 11 is 1.30. The van der Waals surface area contributed by atoms with Gasteiger partial charge in [0, 0.05) is 10.5 Å². The van der Waals surface area contributed by atoms with Crippen LogP contribution in [0.15, 0.2) is 0 Å². The molecule has 110 valence electrons. The zero-order valence-electron chi connectivity index (χ0n) is 11.8. The van der Waals surface area contributed by atoms with Crippen LogP contribution < -0.4 is 0 Å². The Hall–Kier alpha value is -1.24. The average molecular weight is 292 g/mol. The molecule has 0 aromatic rings. The highest BCUT2D eigenvalue weighted by Crippen LogP contribution is 2.32. The quantitative estimate of drug-likeness (QED) is 0.614. The molecule has 0 amide bonds. The van der Waals surface area contributed by atoms with E-state index in [1.807, 2.05) is 20.8 Å². The van der Waals surface area contributed by atoms with Gasteiger partial charge in [0.1, 0.15) is 0 Å². The molecule has 7 heteroatoms. The fourth-order valence-electron chi connectivity index (χ4n) is 0.904. The van der Waals surface area contributed by atoms with Crippen molar-refractivity contribution in [1.82, 2.24) is 0 Å². The Kier molecular flexibility index (Phi) is 6.35. The third kappa shape index (κ3) is 5.96. The molecule has 1 unspecified atom stereocenters. The van der Waals surface area contributed by atoms with Crippen molar-refractivity contribution in [2.45, 2.75) is 39.4 Å². The molecule has 1 N–H and O–H groups in total. The summed E-state index contributed by atoms with van der Waals surface area (Å²) in [5.41, 5.74) is -1.79. The Labute approximate surface area is 116 Å². The SMILES string of the molecule is CCOC(=O)OC(=O)C(C)(CSC(C)(C)C)C(=O)O. The van der Waals surface area contributed by atoms with E-state index in [9.17, 15) is 19.5 Å². The van der Waals surface area contributed by atoms with Crippen LogP contribution in [-0.4, -0.2) is 40.3 Å². The minimum atomic E-state index is -1.79. The summed E-state index contributed by atoms with van der Waals surface area (Å²) in [5, 5.41) is 9.18. The predicted molar refractivity (Wildman–Crippen MR) is 71.1 cm³/mol. The van der Waals surface area contributed by atoms with E-state index < -0.39 is 23.5 Å². The van der Waals surface area contributed by atoms with Crippen LogP contribution in [0.5, 0.6) is 0 Å². The zero-order valence-corrected chi connectivity index (χ0v) is 12.6. The van der Waals surface area contributed by atoms with Crippen molar-refractivity contribution in [1.29, 1.82) is 0 Å². The predicted octanol–water partition coefficient (Wildman–Crippen LogP) is 2.31. The van der Waals surface area contributed by atoms with E-state index in [-0.39, 0.29) is 17.1 Å². The monoisotopic (exact) mass is 292 g/mol. The van der Waals surface area contributed by atoms with Gasteiger partial charge in [-0.05, 0) is 13.8 Å². The Morgan fingerprint density at radius 3 is 2.05 bits per heavy atom. The summed E-state index contributed by atoms with van der Waals surface area (Å²) in [6.45, 7) is 8.53. The second kappa shape index (κ2) is 6.79. The summed E-state index contributed by atoms with van der Waals surface area (Å²) in [4.78, 5) is 34.1. The molecule has 6 nitrogen and oxygen atoms in total. The highest BCUT2D eigenvalue weighted by molar-refractivity contribution is 8.00. The largest absolute Gasteiger partial charge is 0.516 e. The van der Waals surface area contributed by atoms with Crippen molar-refractivity contribution in [2.24, 2.45) is 5.41 Å². The first-order valence-corrected chi connectivity index (χ1v) is 6.78. The van der Waals surface area contributed by atoms with Gasteiger partial charge in [0.05, 0.1) is 6.61 Å². The van der Waals surface area contributed by atoms with E-state index in [2.05, 4.69) is 9.47 Å². The van der Waals surface area contributed by atoms with Gasteiger partial charge in [-0.3, -0.25) is 9.59 Å². The maximum atomic E-state index is 11.8. The zero-order chi connectivity index (χ0) is 15.3. The number of thioether (sulfide) groups is 1. The van der Waals surface area contributed by atoms with Gasteiger partial charge in [-0.1, -0.05) is 20.8 Å². The van der Waals surface area contributed by atoms with E-state index in [1.165, 1.54) is 18.7 Å². The molecule has 0 aliphatic carbocycles. The summed E-state index contributed by atoms with van der Waals surface area (Å²) in [5.74, 6) is -2.45. The Morgan fingerprint density at radius 1 is 1.16 bits per heavy atom. The molecular formula is C12H20O6S. The van der Waals surface area contributed by atoms with Crippen molar-refractivity contribution in [3.05, 3.63) is 0 Å². The fraction of sp³-hybridized carbons (Fsp3) is 0.750. The molecule has 0 saturated heterocycles. The molecule has 0 aromatic carbocycles. The van der Waals surface area contributed by atoms with E-state index in [0.29, 0.717) is 0 Å². The van der Waals surface area contributed by atoms with Crippen LogP contribution in [0.4, 0.5) is 4.79 Å². The van der Waals surface area contributed by atoms with Crippen molar-refractivity contribution in [2.75, 3.05) is 12.4 Å². The highest BCUT2D eigenvalue weighted by Gasteiger charge is 2.45. The van der Waals surface area contributed by atoms with Crippen molar-refractivity contribution in [3.8, 4) is 0 Å². The number of carbonyl (C=O) groups is 3. The maximum Gasteiger partial charge on any atom is 0.516 e. The van der Waals surface area contributed by atoms with Crippen LogP contribution in [0.25, 0.3) is 0 Å². The van der Waals surface area contributed by atoms with Gasteiger partial charge < -0.3 is 14.6 Å². The summed E-state index contributed by atoms with van der Waals surface area (Å²) in [6.07, 6.45) is -1.18. The number of hydrogen-bond donors (Lipinski definition) is 1. The van der Waals surface area contributed by atoms with Crippen molar-refractivity contribution in [3.63, 3.8) is 0 Å². The van der Waals surface area contributed by atoms with Crippen LogP contribution in [0, 0.1) is 5.41 Å². The molecule has 0 rings (SSSR count). The van der Waals surface area contributed by atoms with Crippen LogP contribution >= 0.6 is 11.8 Å². The Balaban J connectivity index is 4.83. The number of hydrogen-bond acceptors (Lipinski definition) is 6. The van der Waals surface area contributed by atoms with Gasteiger partial charge in [-0.2, -0.15) is 11.8 Å². The first-order valence-electron chi connectivity index (χ1n) is 5.79. The maximum absolute atomic E-state index is 11.8. The lowest BCUT2D eigenvalue weighted by Gasteiger charge is -2.26. The Morgan fingerprint density at radius 2 is 1.68 bits per heavy atom. The second-order valence-corrected chi connectivity index (χ2v) is 6.91. The summed E-state index contributed by atoms with van der Waals surface area (Å²) < 4.78 is 8.63. The van der Waals surface area contributed by atoms with E-state index in [4.69, 9.17) is 0 Å². The lowest BCUT2D eigenvalue weighted by molar-refractivity contribution is -0.162. The standard InChI is InChI=1S/C12H20O6S/c1-6-17-10(16)18-9(15)12(5,8(13)14)7-19-11(2,3)4/h6-7H2,1-5H3,(H,13,14). The van der Waals surface area contributed by atoms with Crippen molar-refractivity contribution < 1.29 is 29.0 Å². The molecule has 0 heterocycles. The van der Waals surface area contributed by atoms with Crippen LogP contribution in [0.1, 0.15) is 34.6 Å². The van der Waals surface area contributed by atoms with E-state index in [0.717, 1.165) is 0 Å². The highest BCUT2D eigenvalue weighted by atomic mass is 32.2. The fourth-order valence-corrected chi connectivity index (χ4v) is 1.87. The number of ether oxygens (including phenoxy) is 2. The molecule has 1 atom stereocenters. The van der Waals surface area contributed by atoms with E-state index in [1.54, 1.807) is 6.92 Å². The molecule has 0 spiro atoms. The number of rotatable bonds is 5. The number of carboxylic acids is 1. The first kappa shape index (κ1) is 17.8. The Bertz CT molecular complexity index is 360. The van der Waals surface area contributed by atoms with Gasteiger partial charge >= 0.3 is 18.1 Å². The topological polar surface area (TPSA) is 89.9 Å². The van der Waals surface area contributed by atoms with Crippen LogP contribution in [0.3, 0.4) is 0 Å². The molecule has 0 saturated carbocycles. The number of carboxylic acid groups (broad SMARTS) is 1. The van der Waals surface area contributed by atoms with E-state index >= 15 is 0 Å².